The van der Waals surface area contributed by atoms with Crippen LogP contribution >= 0.6 is 11.3 Å². The zero-order chi connectivity index (χ0) is 9.97. The van der Waals surface area contributed by atoms with Crippen LogP contribution in [-0.2, 0) is 6.42 Å². The number of thiazole rings is 1. The molecule has 0 aliphatic rings. The summed E-state index contributed by atoms with van der Waals surface area (Å²) in [5.41, 5.74) is 8.16. The molecule has 74 valence electrons. The lowest BCUT2D eigenvalue weighted by Gasteiger charge is -2.06. The van der Waals surface area contributed by atoms with Crippen molar-refractivity contribution < 1.29 is 0 Å². The fourth-order valence-electron chi connectivity index (χ4n) is 1.37. The Kier molecular flexibility index (Phi) is 2.65. The monoisotopic (exact) mass is 207 g/mol. The molecule has 0 saturated carbocycles. The van der Waals surface area contributed by atoms with E-state index in [-0.39, 0.29) is 6.04 Å². The van der Waals surface area contributed by atoms with E-state index in [2.05, 4.69) is 15.3 Å². The summed E-state index contributed by atoms with van der Waals surface area (Å²) >= 11 is 1.67. The molecular weight excluding hydrogens is 194 g/mol. The van der Waals surface area contributed by atoms with E-state index in [1.165, 1.54) is 0 Å². The fourth-order valence-corrected chi connectivity index (χ4v) is 2.20. The molecule has 3 nitrogen and oxygen atoms in total. The lowest BCUT2D eigenvalue weighted by Crippen LogP contribution is -2.13. The Morgan fingerprint density at radius 1 is 1.64 bits per heavy atom. The molecular formula is C10H13N3S. The average Bonchev–Trinajstić information content (AvgIpc) is 2.75. The van der Waals surface area contributed by atoms with Crippen LogP contribution in [0.4, 0.5) is 0 Å². The summed E-state index contributed by atoms with van der Waals surface area (Å²) in [6.07, 6.45) is 2.70. The molecule has 0 saturated heterocycles. The minimum absolute atomic E-state index is 0.0237. The third kappa shape index (κ3) is 2.02. The van der Waals surface area contributed by atoms with E-state index in [9.17, 15) is 0 Å². The number of hydrogen-bond acceptors (Lipinski definition) is 3. The van der Waals surface area contributed by atoms with Gasteiger partial charge in [-0.25, -0.2) is 4.98 Å². The summed E-state index contributed by atoms with van der Waals surface area (Å²) in [7, 11) is 0. The molecule has 2 rings (SSSR count). The lowest BCUT2D eigenvalue weighted by molar-refractivity contribution is 0.697. The zero-order valence-electron chi connectivity index (χ0n) is 8.03. The molecule has 4 heteroatoms. The van der Waals surface area contributed by atoms with Crippen molar-refractivity contribution in [2.24, 2.45) is 5.73 Å². The normalized spacial score (nSPS) is 13.0. The van der Waals surface area contributed by atoms with Gasteiger partial charge in [0, 0.05) is 29.4 Å². The molecule has 1 atom stereocenters. The maximum absolute atomic E-state index is 6.02. The predicted molar refractivity (Wildman–Crippen MR) is 58.3 cm³/mol. The van der Waals surface area contributed by atoms with Crippen molar-refractivity contribution in [3.8, 4) is 0 Å². The van der Waals surface area contributed by atoms with Crippen LogP contribution in [0.3, 0.4) is 0 Å². The van der Waals surface area contributed by atoms with Crippen molar-refractivity contribution in [1.29, 1.82) is 0 Å². The van der Waals surface area contributed by atoms with Gasteiger partial charge in [0.1, 0.15) is 0 Å². The summed E-state index contributed by atoms with van der Waals surface area (Å²) < 4.78 is 0. The summed E-state index contributed by atoms with van der Waals surface area (Å²) in [4.78, 5) is 7.50. The highest BCUT2D eigenvalue weighted by Crippen LogP contribution is 2.17. The number of nitrogens with zero attached hydrogens (tertiary/aromatic N) is 1. The van der Waals surface area contributed by atoms with E-state index in [0.29, 0.717) is 0 Å². The van der Waals surface area contributed by atoms with Crippen molar-refractivity contribution >= 4 is 11.3 Å². The van der Waals surface area contributed by atoms with Gasteiger partial charge >= 0.3 is 0 Å². The maximum atomic E-state index is 6.02. The molecule has 0 radical (unpaired) electrons. The minimum Gasteiger partial charge on any atom is -0.364 e. The molecule has 0 aliphatic carbocycles. The van der Waals surface area contributed by atoms with E-state index >= 15 is 0 Å². The summed E-state index contributed by atoms with van der Waals surface area (Å²) in [5, 5.41) is 3.15. The molecule has 14 heavy (non-hydrogen) atoms. The van der Waals surface area contributed by atoms with E-state index in [0.717, 1.165) is 22.8 Å². The molecule has 3 N–H and O–H groups in total. The van der Waals surface area contributed by atoms with Crippen LogP contribution in [0.2, 0.25) is 0 Å². The van der Waals surface area contributed by atoms with Crippen molar-refractivity contribution in [2.45, 2.75) is 19.4 Å². The van der Waals surface area contributed by atoms with Crippen LogP contribution in [0, 0.1) is 6.92 Å². The Bertz CT molecular complexity index is 391. The van der Waals surface area contributed by atoms with E-state index in [1.54, 1.807) is 11.3 Å². The van der Waals surface area contributed by atoms with Crippen LogP contribution in [-0.4, -0.2) is 9.97 Å². The van der Waals surface area contributed by atoms with Crippen LogP contribution in [0.25, 0.3) is 0 Å². The second kappa shape index (κ2) is 3.94. The van der Waals surface area contributed by atoms with E-state index in [4.69, 9.17) is 5.73 Å². The Hall–Kier alpha value is -1.13. The van der Waals surface area contributed by atoms with Gasteiger partial charge in [0.05, 0.1) is 11.0 Å². The number of aromatic amines is 1. The fraction of sp³-hybridized carbons (Fsp3) is 0.300. The van der Waals surface area contributed by atoms with Crippen molar-refractivity contribution in [3.05, 3.63) is 40.1 Å². The highest BCUT2D eigenvalue weighted by molar-refractivity contribution is 7.09. The van der Waals surface area contributed by atoms with Crippen LogP contribution < -0.4 is 5.73 Å². The molecule has 2 aromatic rings. The number of rotatable bonds is 3. The Balaban J connectivity index is 2.05. The van der Waals surface area contributed by atoms with Gasteiger partial charge in [0.15, 0.2) is 0 Å². The number of nitrogens with two attached hydrogens (primary N) is 1. The van der Waals surface area contributed by atoms with E-state index < -0.39 is 0 Å². The minimum atomic E-state index is 0.0237. The SMILES string of the molecule is Cc1csc(CC(N)c2ccc[nH]2)n1. The molecule has 0 spiro atoms. The Morgan fingerprint density at radius 2 is 2.50 bits per heavy atom. The number of aromatic nitrogens is 2. The predicted octanol–water partition coefficient (Wildman–Crippen LogP) is 2.02. The van der Waals surface area contributed by atoms with Crippen LogP contribution in [0.5, 0.6) is 0 Å². The van der Waals surface area contributed by atoms with Gasteiger partial charge in [0.2, 0.25) is 0 Å². The number of hydrogen-bond donors (Lipinski definition) is 2. The van der Waals surface area contributed by atoms with Gasteiger partial charge in [-0.05, 0) is 19.1 Å². The quantitative estimate of drug-likeness (QED) is 0.809. The van der Waals surface area contributed by atoms with Crippen LogP contribution in [0.1, 0.15) is 22.4 Å². The standard InChI is InChI=1S/C10H13N3S/c1-7-6-14-10(13-7)5-8(11)9-3-2-4-12-9/h2-4,6,8,12H,5,11H2,1H3. The number of nitrogens with one attached hydrogen (secondary N) is 1. The highest BCUT2D eigenvalue weighted by Gasteiger charge is 2.09. The molecule has 0 amide bonds. The van der Waals surface area contributed by atoms with Gasteiger partial charge in [-0.1, -0.05) is 0 Å². The topological polar surface area (TPSA) is 54.7 Å². The third-order valence-corrected chi connectivity index (χ3v) is 3.07. The first-order valence-corrected chi connectivity index (χ1v) is 5.43. The maximum Gasteiger partial charge on any atom is 0.0947 e. The van der Waals surface area contributed by atoms with Crippen molar-refractivity contribution in [3.63, 3.8) is 0 Å². The summed E-state index contributed by atoms with van der Waals surface area (Å²) in [6.45, 7) is 2.00. The first kappa shape index (κ1) is 9.43. The van der Waals surface area contributed by atoms with Crippen molar-refractivity contribution in [2.75, 3.05) is 0 Å². The van der Waals surface area contributed by atoms with Gasteiger partial charge in [-0.2, -0.15) is 0 Å². The largest absolute Gasteiger partial charge is 0.364 e. The molecule has 2 heterocycles. The summed E-state index contributed by atoms with van der Waals surface area (Å²) in [6, 6.07) is 3.99. The van der Waals surface area contributed by atoms with Gasteiger partial charge in [-0.15, -0.1) is 11.3 Å². The first-order valence-electron chi connectivity index (χ1n) is 4.55. The number of aryl methyl sites for hydroxylation is 1. The first-order chi connectivity index (χ1) is 6.75. The van der Waals surface area contributed by atoms with Crippen LogP contribution in [0.15, 0.2) is 23.7 Å². The third-order valence-electron chi connectivity index (χ3n) is 2.08. The number of H-pyrrole nitrogens is 1. The Labute approximate surface area is 87.0 Å². The zero-order valence-corrected chi connectivity index (χ0v) is 8.84. The van der Waals surface area contributed by atoms with Gasteiger partial charge < -0.3 is 10.7 Å². The van der Waals surface area contributed by atoms with Crippen molar-refractivity contribution in [1.82, 2.24) is 9.97 Å². The van der Waals surface area contributed by atoms with E-state index in [1.807, 2.05) is 25.3 Å². The average molecular weight is 207 g/mol. The van der Waals surface area contributed by atoms with Gasteiger partial charge in [0.25, 0.3) is 0 Å². The molecule has 0 aromatic carbocycles. The second-order valence-electron chi connectivity index (χ2n) is 3.32. The second-order valence-corrected chi connectivity index (χ2v) is 4.26. The smallest absolute Gasteiger partial charge is 0.0947 e. The molecule has 0 aliphatic heterocycles. The van der Waals surface area contributed by atoms with Gasteiger partial charge in [-0.3, -0.25) is 0 Å². The molecule has 1 unspecified atom stereocenters. The molecule has 0 fully saturated rings. The molecule has 0 bridgehead atoms. The highest BCUT2D eigenvalue weighted by atomic mass is 32.1. The summed E-state index contributed by atoms with van der Waals surface area (Å²) in [5.74, 6) is 0. The Morgan fingerprint density at radius 3 is 3.07 bits per heavy atom. The molecule has 2 aromatic heterocycles. The lowest BCUT2D eigenvalue weighted by atomic mass is 10.1.